The Morgan fingerprint density at radius 1 is 1.29 bits per heavy atom. The van der Waals surface area contributed by atoms with E-state index in [9.17, 15) is 33.3 Å². The Morgan fingerprint density at radius 3 is 2.12 bits per heavy atom. The van der Waals surface area contributed by atoms with Crippen LogP contribution in [0.25, 0.3) is 0 Å². The van der Waals surface area contributed by atoms with Crippen LogP contribution in [0.3, 0.4) is 0 Å². The van der Waals surface area contributed by atoms with E-state index in [0.717, 1.165) is 13.0 Å². The van der Waals surface area contributed by atoms with Crippen LogP contribution < -0.4 is 0 Å². The van der Waals surface area contributed by atoms with Crippen LogP contribution in [-0.2, 0) is 27.2 Å². The molecule has 17 heavy (non-hydrogen) atoms. The summed E-state index contributed by atoms with van der Waals surface area (Å²) in [6.45, 7) is 1.16. The third-order valence-electron chi connectivity index (χ3n) is 1.85. The van der Waals surface area contributed by atoms with Crippen LogP contribution in [0.5, 0.6) is 11.5 Å². The van der Waals surface area contributed by atoms with Crippen LogP contribution in [0.4, 0.5) is 5.69 Å². The number of nitro benzene ring substituents is 1. The van der Waals surface area contributed by atoms with Gasteiger partial charge in [0.05, 0.1) is 4.92 Å². The fourth-order valence-electron chi connectivity index (χ4n) is 1.13. The van der Waals surface area contributed by atoms with Gasteiger partial charge in [-0.3, -0.25) is 10.1 Å². The number of hydrogen-bond acceptors (Lipinski definition) is 7. The minimum atomic E-state index is -5.20. The number of rotatable bonds is 2. The molecule has 0 fully saturated rings. The van der Waals surface area contributed by atoms with Crippen LogP contribution in [0.15, 0.2) is 11.0 Å². The Hall–Kier alpha value is -1.35. The van der Waals surface area contributed by atoms with Crippen LogP contribution in [0.2, 0.25) is 0 Å². The van der Waals surface area contributed by atoms with Crippen molar-refractivity contribution in [2.75, 3.05) is 0 Å². The molecule has 0 saturated heterocycles. The van der Waals surface area contributed by atoms with Crippen molar-refractivity contribution in [1.29, 1.82) is 0 Å². The van der Waals surface area contributed by atoms with Crippen molar-refractivity contribution in [2.24, 2.45) is 0 Å². The molecule has 0 aliphatic carbocycles. The molecule has 95 valence electrons. The number of aromatic hydroxyl groups is 2. The normalized spacial score (nSPS) is 10.7. The van der Waals surface area contributed by atoms with Gasteiger partial charge in [0.25, 0.3) is 0 Å². The second kappa shape index (κ2) is 4.88. The second-order valence-corrected chi connectivity index (χ2v) is 4.27. The van der Waals surface area contributed by atoms with Crippen molar-refractivity contribution >= 4 is 15.8 Å². The number of benzene rings is 1. The van der Waals surface area contributed by atoms with Gasteiger partial charge in [0.15, 0.2) is 0 Å². The van der Waals surface area contributed by atoms with Gasteiger partial charge in [-0.05, 0) is 12.5 Å². The van der Waals surface area contributed by atoms with E-state index in [1.165, 1.54) is 0 Å². The van der Waals surface area contributed by atoms with E-state index in [0.29, 0.717) is 0 Å². The molecule has 1 aromatic carbocycles. The first-order valence-electron chi connectivity index (χ1n) is 3.82. The number of phenols is 2. The first-order valence-corrected chi connectivity index (χ1v) is 5.23. The average molecular weight is 303 g/mol. The van der Waals surface area contributed by atoms with Gasteiger partial charge < -0.3 is 14.8 Å². The van der Waals surface area contributed by atoms with Crippen molar-refractivity contribution in [3.05, 3.63) is 21.7 Å². The quantitative estimate of drug-likeness (QED) is 0.344. The zero-order valence-electron chi connectivity index (χ0n) is 8.25. The van der Waals surface area contributed by atoms with Crippen LogP contribution in [0, 0.1) is 17.0 Å². The monoisotopic (exact) mass is 303 g/mol. The van der Waals surface area contributed by atoms with E-state index < -0.39 is 37.1 Å². The molecule has 8 nitrogen and oxygen atoms in total. The van der Waals surface area contributed by atoms with Crippen LogP contribution in [-0.4, -0.2) is 28.1 Å². The smallest absolute Gasteiger partial charge is 0.312 e. The number of phenolic OH excluding ortho intramolecular Hbond substituents is 2. The average Bonchev–Trinajstić information content (AvgIpc) is 2.08. The zero-order chi connectivity index (χ0) is 12.7. The third kappa shape index (κ3) is 2.86. The number of aryl methyl sites for hydroxylation is 1. The summed E-state index contributed by atoms with van der Waals surface area (Å²) in [5.41, 5.74) is -1.15. The maximum Gasteiger partial charge on any atom is 0.312 e. The maximum atomic E-state index is 10.7. The summed E-state index contributed by atoms with van der Waals surface area (Å²) in [4.78, 5) is 8.00. The third-order valence-corrected chi connectivity index (χ3v) is 2.73. The summed E-state index contributed by atoms with van der Waals surface area (Å²) < 4.78 is 32.1. The fourth-order valence-corrected chi connectivity index (χ4v) is 1.86. The van der Waals surface area contributed by atoms with Crippen LogP contribution >= 0.6 is 0 Å². The second-order valence-electron chi connectivity index (χ2n) is 2.95. The minimum absolute atomic E-state index is 0. The van der Waals surface area contributed by atoms with Gasteiger partial charge in [-0.25, -0.2) is 8.42 Å². The SMILES string of the molecule is Cc1cc([N+](=O)[O-])c(O)c(S(=O)(=O)[O-])c1O.[Mn]. The van der Waals surface area contributed by atoms with E-state index in [1.54, 1.807) is 0 Å². The summed E-state index contributed by atoms with van der Waals surface area (Å²) >= 11 is 0. The maximum absolute atomic E-state index is 10.7. The van der Waals surface area contributed by atoms with E-state index in [-0.39, 0.29) is 22.6 Å². The molecular weight excluding hydrogens is 297 g/mol. The summed E-state index contributed by atoms with van der Waals surface area (Å²) in [5.74, 6) is -2.35. The molecule has 1 radical (unpaired) electrons. The molecular formula is C7H6MnNO7S-. The Labute approximate surface area is 106 Å². The molecule has 0 atom stereocenters. The molecule has 1 rings (SSSR count). The predicted octanol–water partition coefficient (Wildman–Crippen LogP) is 0.216. The molecule has 0 heterocycles. The zero-order valence-corrected chi connectivity index (χ0v) is 10.2. The number of nitrogens with zero attached hydrogens (tertiary/aromatic N) is 1. The molecule has 1 aromatic rings. The molecule has 0 bridgehead atoms. The molecule has 10 heteroatoms. The Bertz CT molecular complexity index is 568. The first kappa shape index (κ1) is 15.6. The Balaban J connectivity index is 0.00000256. The topological polar surface area (TPSA) is 141 Å². The van der Waals surface area contributed by atoms with E-state index in [1.807, 2.05) is 0 Å². The van der Waals surface area contributed by atoms with Crippen molar-refractivity contribution < 1.29 is 45.2 Å². The standard InChI is InChI=1S/C7H7NO7S.Mn/c1-3-2-4(8(11)12)6(10)7(5(3)9)16(13,14)15;/h2,9-10H,1H3,(H,13,14,15);/p-1. The van der Waals surface area contributed by atoms with Crippen molar-refractivity contribution in [2.45, 2.75) is 11.8 Å². The molecule has 0 aliphatic heterocycles. The number of nitro groups is 1. The largest absolute Gasteiger partial charge is 0.744 e. The molecule has 2 N–H and O–H groups in total. The van der Waals surface area contributed by atoms with Gasteiger partial charge in [-0.1, -0.05) is 0 Å². The van der Waals surface area contributed by atoms with Crippen molar-refractivity contribution in [3.63, 3.8) is 0 Å². The van der Waals surface area contributed by atoms with E-state index in [4.69, 9.17) is 0 Å². The van der Waals surface area contributed by atoms with Gasteiger partial charge in [-0.2, -0.15) is 0 Å². The van der Waals surface area contributed by atoms with Gasteiger partial charge in [0.2, 0.25) is 5.75 Å². The van der Waals surface area contributed by atoms with E-state index in [2.05, 4.69) is 0 Å². The van der Waals surface area contributed by atoms with Gasteiger partial charge in [0, 0.05) is 23.1 Å². The molecule has 0 amide bonds. The Morgan fingerprint density at radius 2 is 1.76 bits per heavy atom. The van der Waals surface area contributed by atoms with Gasteiger partial charge >= 0.3 is 5.69 Å². The molecule has 0 unspecified atom stereocenters. The van der Waals surface area contributed by atoms with Gasteiger partial charge in [0.1, 0.15) is 20.8 Å². The summed E-state index contributed by atoms with van der Waals surface area (Å²) in [7, 11) is -5.20. The predicted molar refractivity (Wildman–Crippen MR) is 49.1 cm³/mol. The first-order chi connectivity index (χ1) is 7.16. The van der Waals surface area contributed by atoms with Gasteiger partial charge in [-0.15, -0.1) is 0 Å². The summed E-state index contributed by atoms with van der Waals surface area (Å²) in [6, 6.07) is 0.763. The summed E-state index contributed by atoms with van der Waals surface area (Å²) in [5, 5.41) is 28.9. The number of hydrogen-bond donors (Lipinski definition) is 2. The molecule has 0 saturated carbocycles. The van der Waals surface area contributed by atoms with Crippen molar-refractivity contribution in [3.8, 4) is 11.5 Å². The summed E-state index contributed by atoms with van der Waals surface area (Å²) in [6.07, 6.45) is 0. The molecule has 0 aliphatic rings. The van der Waals surface area contributed by atoms with E-state index >= 15 is 0 Å². The minimum Gasteiger partial charge on any atom is -0.744 e. The van der Waals surface area contributed by atoms with Crippen molar-refractivity contribution in [1.82, 2.24) is 0 Å². The fraction of sp³-hybridized carbons (Fsp3) is 0.143. The molecule has 0 aromatic heterocycles. The Kier molecular flexibility index (Phi) is 4.49. The van der Waals surface area contributed by atoms with Crippen LogP contribution in [0.1, 0.15) is 5.56 Å². The molecule has 0 spiro atoms.